The van der Waals surface area contributed by atoms with Gasteiger partial charge in [0.15, 0.2) is 0 Å². The van der Waals surface area contributed by atoms with Crippen molar-refractivity contribution in [3.05, 3.63) is 12.7 Å². The summed E-state index contributed by atoms with van der Waals surface area (Å²) in [5.41, 5.74) is 5.48. The van der Waals surface area contributed by atoms with Gasteiger partial charge in [-0.25, -0.2) is 4.98 Å². The summed E-state index contributed by atoms with van der Waals surface area (Å²) < 4.78 is 1.82. The third-order valence-electron chi connectivity index (χ3n) is 5.10. The number of aromatic nitrogens is 3. The Labute approximate surface area is 142 Å². The Morgan fingerprint density at radius 1 is 1.12 bits per heavy atom. The lowest BCUT2D eigenvalue weighted by molar-refractivity contribution is -0.142. The van der Waals surface area contributed by atoms with Gasteiger partial charge in [0.25, 0.3) is 0 Å². The van der Waals surface area contributed by atoms with E-state index in [0.29, 0.717) is 19.5 Å². The van der Waals surface area contributed by atoms with Gasteiger partial charge in [-0.3, -0.25) is 19.2 Å². The Hall–Kier alpha value is -1.96. The number of primary amides is 1. The number of carbonyl (C=O) groups excluding carboxylic acids is 2. The second-order valence-corrected chi connectivity index (χ2v) is 6.74. The van der Waals surface area contributed by atoms with E-state index in [1.807, 2.05) is 4.68 Å². The summed E-state index contributed by atoms with van der Waals surface area (Å²) in [6, 6.07) is -0.161. The quantitative estimate of drug-likeness (QED) is 0.817. The van der Waals surface area contributed by atoms with E-state index in [2.05, 4.69) is 15.0 Å². The van der Waals surface area contributed by atoms with Crippen molar-refractivity contribution in [2.24, 2.45) is 5.73 Å². The molecule has 0 spiro atoms. The van der Waals surface area contributed by atoms with Crippen LogP contribution < -0.4 is 5.73 Å². The van der Waals surface area contributed by atoms with E-state index in [1.54, 1.807) is 11.2 Å². The highest BCUT2D eigenvalue weighted by atomic mass is 16.2. The highest BCUT2D eigenvalue weighted by Crippen LogP contribution is 2.21. The second kappa shape index (κ2) is 7.74. The Kier molecular flexibility index (Phi) is 5.44. The molecule has 1 aromatic heterocycles. The van der Waals surface area contributed by atoms with Crippen molar-refractivity contribution in [1.82, 2.24) is 24.6 Å². The van der Waals surface area contributed by atoms with Crippen LogP contribution in [0, 0.1) is 0 Å². The third-order valence-corrected chi connectivity index (χ3v) is 5.10. The van der Waals surface area contributed by atoms with Crippen molar-refractivity contribution in [3.8, 4) is 0 Å². The molecule has 1 aromatic rings. The largest absolute Gasteiger partial charge is 0.368 e. The number of piperidine rings is 2. The first-order valence-corrected chi connectivity index (χ1v) is 8.80. The van der Waals surface area contributed by atoms with Gasteiger partial charge >= 0.3 is 0 Å². The Bertz CT molecular complexity index is 561. The van der Waals surface area contributed by atoms with E-state index in [9.17, 15) is 9.59 Å². The summed E-state index contributed by atoms with van der Waals surface area (Å²) in [7, 11) is 0. The van der Waals surface area contributed by atoms with E-state index in [1.165, 1.54) is 6.33 Å². The third kappa shape index (κ3) is 3.92. The van der Waals surface area contributed by atoms with Gasteiger partial charge in [-0.05, 0) is 38.6 Å². The van der Waals surface area contributed by atoms with Crippen molar-refractivity contribution in [2.45, 2.75) is 57.2 Å². The molecule has 2 atom stereocenters. The zero-order valence-corrected chi connectivity index (χ0v) is 14.0. The normalized spacial score (nSPS) is 25.6. The van der Waals surface area contributed by atoms with Crippen LogP contribution in [0.25, 0.3) is 0 Å². The summed E-state index contributed by atoms with van der Waals surface area (Å²) >= 11 is 0. The lowest BCUT2D eigenvalue weighted by Crippen LogP contribution is -2.55. The number of nitrogens with zero attached hydrogens (tertiary/aromatic N) is 5. The lowest BCUT2D eigenvalue weighted by atomic mass is 10.00. The van der Waals surface area contributed by atoms with E-state index in [0.717, 1.165) is 45.2 Å². The molecule has 132 valence electrons. The standard InChI is InChI=1S/C16H26N6O2/c17-16(24)14-6-2-4-8-22(14)15(23)10-20-7-3-1-5-13(20)9-21-12-18-11-19-21/h11-14H,1-10H2,(H2,17,24). The van der Waals surface area contributed by atoms with Crippen molar-refractivity contribution in [3.63, 3.8) is 0 Å². The molecule has 0 bridgehead atoms. The highest BCUT2D eigenvalue weighted by molar-refractivity contribution is 5.87. The first-order valence-electron chi connectivity index (χ1n) is 8.80. The first-order chi connectivity index (χ1) is 11.6. The van der Waals surface area contributed by atoms with E-state index in [4.69, 9.17) is 5.73 Å². The van der Waals surface area contributed by atoms with Crippen molar-refractivity contribution in [1.29, 1.82) is 0 Å². The number of likely N-dealkylation sites (tertiary alicyclic amines) is 2. The first kappa shape index (κ1) is 16.9. The van der Waals surface area contributed by atoms with Gasteiger partial charge in [0.2, 0.25) is 11.8 Å². The molecule has 0 aliphatic carbocycles. The van der Waals surface area contributed by atoms with Gasteiger partial charge < -0.3 is 10.6 Å². The van der Waals surface area contributed by atoms with Gasteiger partial charge in [-0.1, -0.05) is 6.42 Å². The van der Waals surface area contributed by atoms with Gasteiger partial charge in [-0.15, -0.1) is 0 Å². The summed E-state index contributed by atoms with van der Waals surface area (Å²) in [6.07, 6.45) is 9.13. The van der Waals surface area contributed by atoms with Crippen molar-refractivity contribution >= 4 is 11.8 Å². The molecule has 3 heterocycles. The zero-order valence-electron chi connectivity index (χ0n) is 14.0. The molecule has 2 saturated heterocycles. The van der Waals surface area contributed by atoms with Crippen LogP contribution in [-0.4, -0.2) is 68.1 Å². The monoisotopic (exact) mass is 334 g/mol. The summed E-state index contributed by atoms with van der Waals surface area (Å²) in [4.78, 5) is 32.3. The van der Waals surface area contributed by atoms with Crippen LogP contribution in [0.4, 0.5) is 0 Å². The Morgan fingerprint density at radius 2 is 1.92 bits per heavy atom. The molecule has 0 saturated carbocycles. The summed E-state index contributed by atoms with van der Waals surface area (Å²) in [6.45, 7) is 2.63. The van der Waals surface area contributed by atoms with Crippen LogP contribution in [-0.2, 0) is 16.1 Å². The number of hydrogen-bond donors (Lipinski definition) is 1. The molecular formula is C16H26N6O2. The molecule has 0 radical (unpaired) electrons. The van der Waals surface area contributed by atoms with Gasteiger partial charge in [0.1, 0.15) is 18.7 Å². The maximum absolute atomic E-state index is 12.8. The van der Waals surface area contributed by atoms with Crippen molar-refractivity contribution < 1.29 is 9.59 Å². The van der Waals surface area contributed by atoms with Gasteiger partial charge in [0, 0.05) is 12.6 Å². The number of carbonyl (C=O) groups is 2. The Morgan fingerprint density at radius 3 is 2.67 bits per heavy atom. The molecule has 2 unspecified atom stereocenters. The minimum absolute atomic E-state index is 0.0176. The zero-order chi connectivity index (χ0) is 16.9. The molecule has 2 aliphatic rings. The lowest BCUT2D eigenvalue weighted by Gasteiger charge is -2.39. The fourth-order valence-electron chi connectivity index (χ4n) is 3.81. The average Bonchev–Trinajstić information content (AvgIpc) is 3.09. The predicted molar refractivity (Wildman–Crippen MR) is 87.8 cm³/mol. The minimum Gasteiger partial charge on any atom is -0.368 e. The van der Waals surface area contributed by atoms with Crippen LogP contribution in [0.2, 0.25) is 0 Å². The molecule has 0 aromatic carbocycles. The molecule has 2 amide bonds. The van der Waals surface area contributed by atoms with Crippen LogP contribution in [0.1, 0.15) is 38.5 Å². The molecule has 24 heavy (non-hydrogen) atoms. The van der Waals surface area contributed by atoms with Crippen molar-refractivity contribution in [2.75, 3.05) is 19.6 Å². The molecular weight excluding hydrogens is 308 g/mol. The van der Waals surface area contributed by atoms with E-state index in [-0.39, 0.29) is 17.9 Å². The van der Waals surface area contributed by atoms with E-state index < -0.39 is 6.04 Å². The number of rotatable bonds is 5. The number of amides is 2. The van der Waals surface area contributed by atoms with E-state index >= 15 is 0 Å². The van der Waals surface area contributed by atoms with Crippen LogP contribution >= 0.6 is 0 Å². The van der Waals surface area contributed by atoms with Crippen LogP contribution in [0.15, 0.2) is 12.7 Å². The smallest absolute Gasteiger partial charge is 0.240 e. The summed E-state index contributed by atoms with van der Waals surface area (Å²) in [5.74, 6) is -0.371. The molecule has 2 N–H and O–H groups in total. The van der Waals surface area contributed by atoms with Gasteiger partial charge in [-0.2, -0.15) is 5.10 Å². The predicted octanol–water partition coefficient (Wildman–Crippen LogP) is -0.001000. The molecule has 2 aliphatic heterocycles. The fourth-order valence-corrected chi connectivity index (χ4v) is 3.81. The second-order valence-electron chi connectivity index (χ2n) is 6.74. The number of nitrogens with two attached hydrogens (primary N) is 1. The maximum Gasteiger partial charge on any atom is 0.240 e. The SMILES string of the molecule is NC(=O)C1CCCCN1C(=O)CN1CCCCC1Cn1cncn1. The molecule has 8 heteroatoms. The molecule has 2 fully saturated rings. The number of hydrogen-bond acceptors (Lipinski definition) is 5. The fraction of sp³-hybridized carbons (Fsp3) is 0.750. The summed E-state index contributed by atoms with van der Waals surface area (Å²) in [5, 5.41) is 4.17. The maximum atomic E-state index is 12.8. The highest BCUT2D eigenvalue weighted by Gasteiger charge is 2.33. The molecule has 8 nitrogen and oxygen atoms in total. The minimum atomic E-state index is -0.440. The average molecular weight is 334 g/mol. The van der Waals surface area contributed by atoms with Gasteiger partial charge in [0.05, 0.1) is 13.1 Å². The Balaban J connectivity index is 1.63. The van der Waals surface area contributed by atoms with Crippen LogP contribution in [0.5, 0.6) is 0 Å². The molecule has 3 rings (SSSR count). The topological polar surface area (TPSA) is 97.3 Å². The van der Waals surface area contributed by atoms with Crippen LogP contribution in [0.3, 0.4) is 0 Å².